The Kier molecular flexibility index (Phi) is 8.50. The number of H-pyrrole nitrogens is 1. The van der Waals surface area contributed by atoms with Gasteiger partial charge < -0.3 is 24.7 Å². The lowest BCUT2D eigenvalue weighted by Crippen LogP contribution is -2.48. The molecule has 1 aliphatic carbocycles. The van der Waals surface area contributed by atoms with Crippen molar-refractivity contribution < 1.29 is 22.7 Å². The fraction of sp³-hybridized carbons (Fsp3) is 0.500. The van der Waals surface area contributed by atoms with Gasteiger partial charge in [-0.1, -0.05) is 12.1 Å². The zero-order chi connectivity index (χ0) is 31.1. The van der Waals surface area contributed by atoms with Crippen LogP contribution in [0.2, 0.25) is 0 Å². The van der Waals surface area contributed by atoms with E-state index in [-0.39, 0.29) is 23.0 Å². The molecule has 2 aromatic carbocycles. The molecule has 1 aromatic heterocycles. The molecule has 2 atom stereocenters. The number of alkyl carbamates (subject to hydrolysis) is 1. The van der Waals surface area contributed by atoms with Gasteiger partial charge in [0.15, 0.2) is 0 Å². The van der Waals surface area contributed by atoms with E-state index in [1.54, 1.807) is 45.0 Å². The SMILES string of the molecule is Cc1ccc2cc(CN(C3CCCC(NC(=O)OC(C)(C)C)C3)S(=O)(=O)c3ccc4c(c3)OCCN4C)c(=O)[nH]c2c1C. The summed E-state index contributed by atoms with van der Waals surface area (Å²) in [4.78, 5) is 31.1. The zero-order valence-corrected chi connectivity index (χ0v) is 26.6. The summed E-state index contributed by atoms with van der Waals surface area (Å²) < 4.78 is 41.6. The van der Waals surface area contributed by atoms with Crippen molar-refractivity contribution in [1.82, 2.24) is 14.6 Å². The number of pyridine rings is 1. The van der Waals surface area contributed by atoms with Crippen molar-refractivity contribution in [3.8, 4) is 5.75 Å². The van der Waals surface area contributed by atoms with E-state index in [0.29, 0.717) is 50.1 Å². The second kappa shape index (κ2) is 11.8. The Balaban J connectivity index is 1.52. The smallest absolute Gasteiger partial charge is 0.407 e. The van der Waals surface area contributed by atoms with E-state index in [2.05, 4.69) is 10.3 Å². The number of aromatic nitrogens is 1. The number of rotatable bonds is 6. The normalized spacial score (nSPS) is 19.2. The standard InChI is InChI=1S/C32H42N4O6S/c1-20-10-11-22-16-23(30(37)34-29(22)21(20)2)19-36(25-9-7-8-24(17-25)33-31(38)42-32(3,4)5)43(39,40)26-12-13-27-28(18-26)41-15-14-35(27)6/h10-13,16,18,24-25H,7-9,14-15,17,19H2,1-6H3,(H,33,38)(H,34,37). The van der Waals surface area contributed by atoms with Crippen LogP contribution in [-0.4, -0.2) is 61.7 Å². The number of nitrogens with one attached hydrogen (secondary N) is 2. The Morgan fingerprint density at radius 2 is 1.93 bits per heavy atom. The second-order valence-corrected chi connectivity index (χ2v) is 14.6. The second-order valence-electron chi connectivity index (χ2n) is 12.7. The van der Waals surface area contributed by atoms with Gasteiger partial charge in [0, 0.05) is 37.3 Å². The van der Waals surface area contributed by atoms with Crippen LogP contribution in [0.4, 0.5) is 10.5 Å². The Hall–Kier alpha value is -3.57. The van der Waals surface area contributed by atoms with Gasteiger partial charge >= 0.3 is 6.09 Å². The monoisotopic (exact) mass is 610 g/mol. The molecule has 1 amide bonds. The molecule has 232 valence electrons. The highest BCUT2D eigenvalue weighted by molar-refractivity contribution is 7.89. The van der Waals surface area contributed by atoms with Crippen molar-refractivity contribution in [3.63, 3.8) is 0 Å². The molecule has 0 radical (unpaired) electrons. The largest absolute Gasteiger partial charge is 0.490 e. The number of fused-ring (bicyclic) bond motifs is 2. The lowest BCUT2D eigenvalue weighted by Gasteiger charge is -2.37. The van der Waals surface area contributed by atoms with Gasteiger partial charge in [-0.3, -0.25) is 4.79 Å². The first-order valence-corrected chi connectivity index (χ1v) is 16.3. The molecule has 0 spiro atoms. The van der Waals surface area contributed by atoms with E-state index >= 15 is 0 Å². The van der Waals surface area contributed by atoms with Crippen LogP contribution in [0, 0.1) is 13.8 Å². The summed E-state index contributed by atoms with van der Waals surface area (Å²) in [6, 6.07) is 9.93. The highest BCUT2D eigenvalue weighted by atomic mass is 32.2. The summed E-state index contributed by atoms with van der Waals surface area (Å²) in [7, 11) is -2.14. The van der Waals surface area contributed by atoms with Gasteiger partial charge in [-0.15, -0.1) is 0 Å². The van der Waals surface area contributed by atoms with E-state index in [1.807, 2.05) is 37.9 Å². The zero-order valence-electron chi connectivity index (χ0n) is 25.8. The van der Waals surface area contributed by atoms with Crippen LogP contribution in [-0.2, 0) is 21.3 Å². The number of carbonyl (C=O) groups excluding carboxylic acids is 1. The number of nitrogens with zero attached hydrogens (tertiary/aromatic N) is 2. The van der Waals surface area contributed by atoms with Gasteiger partial charge in [0.05, 0.1) is 22.6 Å². The van der Waals surface area contributed by atoms with Gasteiger partial charge in [-0.25, -0.2) is 13.2 Å². The Morgan fingerprint density at radius 1 is 1.16 bits per heavy atom. The van der Waals surface area contributed by atoms with Crippen LogP contribution in [0.15, 0.2) is 46.1 Å². The van der Waals surface area contributed by atoms with Crippen LogP contribution in [0.5, 0.6) is 5.75 Å². The average molecular weight is 611 g/mol. The third-order valence-corrected chi connectivity index (χ3v) is 10.3. The fourth-order valence-corrected chi connectivity index (χ4v) is 7.59. The van der Waals surface area contributed by atoms with E-state index in [4.69, 9.17) is 9.47 Å². The van der Waals surface area contributed by atoms with Crippen molar-refractivity contribution in [2.45, 2.75) is 89.4 Å². The first kappa shape index (κ1) is 30.9. The molecule has 2 unspecified atom stereocenters. The summed E-state index contributed by atoms with van der Waals surface area (Å²) in [5, 5.41) is 3.77. The molecule has 2 N–H and O–H groups in total. The molecule has 0 saturated heterocycles. The molecule has 2 aliphatic rings. The summed E-state index contributed by atoms with van der Waals surface area (Å²) in [5.74, 6) is 0.511. The maximum Gasteiger partial charge on any atom is 0.407 e. The number of hydrogen-bond acceptors (Lipinski definition) is 7. The number of benzene rings is 2. The highest BCUT2D eigenvalue weighted by Gasteiger charge is 2.37. The van der Waals surface area contributed by atoms with Gasteiger partial charge in [0.1, 0.15) is 18.0 Å². The molecule has 1 fully saturated rings. The summed E-state index contributed by atoms with van der Waals surface area (Å²) in [6.07, 6.45) is 1.88. The molecular weight excluding hydrogens is 568 g/mol. The van der Waals surface area contributed by atoms with Gasteiger partial charge in [-0.05, 0) is 95.0 Å². The summed E-state index contributed by atoms with van der Waals surface area (Å²) >= 11 is 0. The number of aromatic amines is 1. The van der Waals surface area contributed by atoms with Crippen LogP contribution in [0.1, 0.15) is 63.1 Å². The third kappa shape index (κ3) is 6.67. The number of likely N-dealkylation sites (N-methyl/N-ethyl adjacent to an activating group) is 1. The van der Waals surface area contributed by atoms with Crippen molar-refractivity contribution >= 4 is 32.7 Å². The number of amides is 1. The predicted molar refractivity (Wildman–Crippen MR) is 167 cm³/mol. The topological polar surface area (TPSA) is 121 Å². The molecule has 10 nitrogen and oxygen atoms in total. The minimum atomic E-state index is -4.08. The molecule has 1 aliphatic heterocycles. The minimum Gasteiger partial charge on any atom is -0.490 e. The van der Waals surface area contributed by atoms with E-state index < -0.39 is 27.8 Å². The number of sulfonamides is 1. The van der Waals surface area contributed by atoms with Gasteiger partial charge in [-0.2, -0.15) is 4.31 Å². The van der Waals surface area contributed by atoms with Crippen LogP contribution < -0.4 is 20.5 Å². The highest BCUT2D eigenvalue weighted by Crippen LogP contribution is 2.36. The Bertz CT molecular complexity index is 1690. The average Bonchev–Trinajstić information content (AvgIpc) is 2.93. The summed E-state index contributed by atoms with van der Waals surface area (Å²) in [5.41, 5.74) is 3.00. The minimum absolute atomic E-state index is 0.104. The maximum atomic E-state index is 14.4. The lowest BCUT2D eigenvalue weighted by atomic mass is 9.91. The van der Waals surface area contributed by atoms with Crippen molar-refractivity contribution in [1.29, 1.82) is 0 Å². The molecule has 1 saturated carbocycles. The van der Waals surface area contributed by atoms with Gasteiger partial charge in [0.25, 0.3) is 5.56 Å². The van der Waals surface area contributed by atoms with E-state index in [1.165, 1.54) is 4.31 Å². The number of anilines is 1. The number of hydrogen-bond donors (Lipinski definition) is 2. The first-order valence-electron chi connectivity index (χ1n) is 14.8. The van der Waals surface area contributed by atoms with Crippen molar-refractivity contribution in [2.24, 2.45) is 0 Å². The van der Waals surface area contributed by atoms with Gasteiger partial charge in [0.2, 0.25) is 10.0 Å². The first-order chi connectivity index (χ1) is 20.2. The number of carbonyl (C=O) groups is 1. The molecule has 0 bridgehead atoms. The van der Waals surface area contributed by atoms with Crippen molar-refractivity contribution in [2.75, 3.05) is 25.1 Å². The fourth-order valence-electron chi connectivity index (χ4n) is 5.93. The molecule has 2 heterocycles. The summed E-state index contributed by atoms with van der Waals surface area (Å²) in [6.45, 7) is 10.4. The quantitative estimate of drug-likeness (QED) is 0.403. The Morgan fingerprint density at radius 3 is 2.67 bits per heavy atom. The lowest BCUT2D eigenvalue weighted by molar-refractivity contribution is 0.0482. The molecule has 5 rings (SSSR count). The molecule has 11 heteroatoms. The van der Waals surface area contributed by atoms with E-state index in [0.717, 1.165) is 27.7 Å². The third-order valence-electron chi connectivity index (χ3n) is 8.36. The molecular formula is C32H42N4O6S. The van der Waals surface area contributed by atoms with Crippen LogP contribution >= 0.6 is 0 Å². The molecule has 43 heavy (non-hydrogen) atoms. The maximum absolute atomic E-state index is 14.4. The van der Waals surface area contributed by atoms with E-state index in [9.17, 15) is 18.0 Å². The Labute approximate surface area is 253 Å². The van der Waals surface area contributed by atoms with Crippen LogP contribution in [0.3, 0.4) is 0 Å². The molecule has 3 aromatic rings. The number of ether oxygens (including phenoxy) is 2. The predicted octanol–water partition coefficient (Wildman–Crippen LogP) is 5.00. The van der Waals surface area contributed by atoms with Crippen molar-refractivity contribution in [3.05, 3.63) is 63.4 Å². The number of aryl methyl sites for hydroxylation is 2. The van der Waals surface area contributed by atoms with Crippen LogP contribution in [0.25, 0.3) is 10.9 Å².